The Labute approximate surface area is 218 Å². The maximum absolute atomic E-state index is 13.7. The normalized spacial score (nSPS) is 17.0. The van der Waals surface area contributed by atoms with Crippen LogP contribution in [0, 0.1) is 10.5 Å². The number of anilines is 1. The van der Waals surface area contributed by atoms with E-state index in [-0.39, 0.29) is 0 Å². The summed E-state index contributed by atoms with van der Waals surface area (Å²) in [6.07, 6.45) is 0. The molecule has 0 bridgehead atoms. The molecule has 180 valence electrons. The number of hydrogen-bond acceptors (Lipinski definition) is 4. The van der Waals surface area contributed by atoms with Crippen LogP contribution in [0.1, 0.15) is 35.6 Å². The summed E-state index contributed by atoms with van der Waals surface area (Å²) in [7, 11) is 1.56. The van der Waals surface area contributed by atoms with E-state index in [1.54, 1.807) is 31.4 Å². The number of benzene rings is 3. The van der Waals surface area contributed by atoms with Crippen molar-refractivity contribution in [1.29, 1.82) is 0 Å². The molecular weight excluding hydrogens is 557 g/mol. The fourth-order valence-corrected chi connectivity index (χ4v) is 4.91. The molecule has 0 saturated carbocycles. The summed E-state index contributed by atoms with van der Waals surface area (Å²) in [6.45, 7) is 3.75. The lowest BCUT2D eigenvalue weighted by Gasteiger charge is -2.30. The van der Waals surface area contributed by atoms with E-state index < -0.39 is 35.8 Å². The van der Waals surface area contributed by atoms with Crippen molar-refractivity contribution in [1.82, 2.24) is 10.2 Å². The van der Waals surface area contributed by atoms with E-state index in [2.05, 4.69) is 33.2 Å². The van der Waals surface area contributed by atoms with E-state index in [1.807, 2.05) is 62.4 Å². The van der Waals surface area contributed by atoms with Crippen LogP contribution in [0.3, 0.4) is 0 Å². The Bertz CT molecular complexity index is 1250. The highest BCUT2D eigenvalue weighted by molar-refractivity contribution is 14.1. The molecule has 3 atom stereocenters. The number of imide groups is 1. The summed E-state index contributed by atoms with van der Waals surface area (Å²) in [6, 6.07) is 19.5. The molecule has 0 radical (unpaired) electrons. The van der Waals surface area contributed by atoms with Crippen LogP contribution in [0.2, 0.25) is 0 Å². The van der Waals surface area contributed by atoms with E-state index in [4.69, 9.17) is 4.74 Å². The van der Waals surface area contributed by atoms with Crippen molar-refractivity contribution in [2.24, 2.45) is 0 Å². The number of amides is 4. The highest BCUT2D eigenvalue weighted by Gasteiger charge is 2.47. The Balaban J connectivity index is 1.68. The molecular formula is C27H26IN3O4. The summed E-state index contributed by atoms with van der Waals surface area (Å²) < 4.78 is 6.23. The molecule has 0 aliphatic carbocycles. The molecule has 1 aliphatic rings. The van der Waals surface area contributed by atoms with Crippen molar-refractivity contribution in [2.75, 3.05) is 12.4 Å². The number of nitrogens with zero attached hydrogens (tertiary/aromatic N) is 1. The summed E-state index contributed by atoms with van der Waals surface area (Å²) in [5, 5.41) is 5.69. The standard InChI is InChI=1S/C27H26IN3O4/c1-16-15-20(28)11-14-22(16)29-25(32)24(17(2)18-7-5-4-6-8-18)31-26(33)23(30-27(31)34)19-9-12-21(35-3)13-10-19/h4-15,17,23-24H,1-3H3,(H,29,32)(H,30,34)/t17-,23?,24-/m0/s1. The first kappa shape index (κ1) is 24.7. The van der Waals surface area contributed by atoms with Crippen LogP contribution in [0.4, 0.5) is 10.5 Å². The zero-order chi connectivity index (χ0) is 25.1. The first-order valence-corrected chi connectivity index (χ1v) is 12.3. The van der Waals surface area contributed by atoms with Gasteiger partial charge in [0.25, 0.3) is 5.91 Å². The van der Waals surface area contributed by atoms with Crippen molar-refractivity contribution in [3.8, 4) is 5.75 Å². The third kappa shape index (κ3) is 5.17. The number of ether oxygens (including phenoxy) is 1. The summed E-state index contributed by atoms with van der Waals surface area (Å²) in [4.78, 5) is 41.4. The lowest BCUT2D eigenvalue weighted by molar-refractivity contribution is -0.134. The van der Waals surface area contributed by atoms with Gasteiger partial charge in [-0.2, -0.15) is 0 Å². The molecule has 3 aromatic rings. The van der Waals surface area contributed by atoms with Gasteiger partial charge in [0.05, 0.1) is 7.11 Å². The van der Waals surface area contributed by atoms with Gasteiger partial charge in [0.15, 0.2) is 0 Å². The molecule has 0 aromatic heterocycles. The molecule has 1 heterocycles. The third-order valence-electron chi connectivity index (χ3n) is 6.21. The molecule has 35 heavy (non-hydrogen) atoms. The minimum absolute atomic E-state index is 0.426. The van der Waals surface area contributed by atoms with E-state index in [1.165, 1.54) is 0 Å². The minimum Gasteiger partial charge on any atom is -0.497 e. The van der Waals surface area contributed by atoms with Crippen molar-refractivity contribution in [3.05, 3.63) is 93.1 Å². The molecule has 1 fully saturated rings. The highest BCUT2D eigenvalue weighted by Crippen LogP contribution is 2.32. The first-order chi connectivity index (χ1) is 16.8. The number of hydrogen-bond donors (Lipinski definition) is 2. The minimum atomic E-state index is -1.05. The first-order valence-electron chi connectivity index (χ1n) is 11.2. The van der Waals surface area contributed by atoms with E-state index in [0.29, 0.717) is 17.0 Å². The summed E-state index contributed by atoms with van der Waals surface area (Å²) in [5.41, 5.74) is 3.00. The van der Waals surface area contributed by atoms with Gasteiger partial charge in [0.1, 0.15) is 17.8 Å². The summed E-state index contributed by atoms with van der Waals surface area (Å²) in [5.74, 6) is -0.693. The Morgan fingerprint density at radius 2 is 1.74 bits per heavy atom. The smallest absolute Gasteiger partial charge is 0.325 e. The zero-order valence-electron chi connectivity index (χ0n) is 19.6. The second-order valence-electron chi connectivity index (χ2n) is 8.46. The maximum atomic E-state index is 13.7. The molecule has 0 spiro atoms. The number of nitrogens with one attached hydrogen (secondary N) is 2. The Kier molecular flexibility index (Phi) is 7.39. The number of carbonyl (C=O) groups excluding carboxylic acids is 3. The molecule has 3 aromatic carbocycles. The van der Waals surface area contributed by atoms with Gasteiger partial charge in [-0.25, -0.2) is 9.69 Å². The Morgan fingerprint density at radius 3 is 2.37 bits per heavy atom. The molecule has 1 aliphatic heterocycles. The van der Waals surface area contributed by atoms with Crippen molar-refractivity contribution in [3.63, 3.8) is 0 Å². The van der Waals surface area contributed by atoms with Crippen molar-refractivity contribution in [2.45, 2.75) is 31.8 Å². The molecule has 4 amide bonds. The largest absolute Gasteiger partial charge is 0.497 e. The van der Waals surface area contributed by atoms with Gasteiger partial charge in [-0.05, 0) is 76.5 Å². The highest BCUT2D eigenvalue weighted by atomic mass is 127. The van der Waals surface area contributed by atoms with E-state index in [9.17, 15) is 14.4 Å². The number of carbonyl (C=O) groups is 3. The van der Waals surface area contributed by atoms with Crippen LogP contribution in [0.25, 0.3) is 0 Å². The fraction of sp³-hybridized carbons (Fsp3) is 0.222. The average Bonchev–Trinajstić information content (AvgIpc) is 3.15. The lowest BCUT2D eigenvalue weighted by Crippen LogP contribution is -2.50. The second kappa shape index (κ2) is 10.5. The van der Waals surface area contributed by atoms with Gasteiger partial charge in [0.2, 0.25) is 5.91 Å². The van der Waals surface area contributed by atoms with E-state index >= 15 is 0 Å². The van der Waals surface area contributed by atoms with Crippen LogP contribution < -0.4 is 15.4 Å². The topological polar surface area (TPSA) is 87.7 Å². The third-order valence-corrected chi connectivity index (χ3v) is 6.88. The SMILES string of the molecule is COc1ccc(C2NC(=O)N([C@H](C(=O)Nc3ccc(I)cc3C)[C@@H](C)c3ccccc3)C2=O)cc1. The average molecular weight is 583 g/mol. The van der Waals surface area contributed by atoms with Crippen LogP contribution in [0.15, 0.2) is 72.8 Å². The Hall–Kier alpha value is -3.40. The Morgan fingerprint density at radius 1 is 1.06 bits per heavy atom. The molecule has 7 nitrogen and oxygen atoms in total. The number of urea groups is 1. The van der Waals surface area contributed by atoms with Gasteiger partial charge >= 0.3 is 6.03 Å². The fourth-order valence-electron chi connectivity index (χ4n) is 4.26. The van der Waals surface area contributed by atoms with Gasteiger partial charge in [-0.15, -0.1) is 0 Å². The lowest BCUT2D eigenvalue weighted by atomic mass is 9.91. The quantitative estimate of drug-likeness (QED) is 0.303. The predicted molar refractivity (Wildman–Crippen MR) is 142 cm³/mol. The number of aryl methyl sites for hydroxylation is 1. The molecule has 1 unspecified atom stereocenters. The number of rotatable bonds is 7. The van der Waals surface area contributed by atoms with Gasteiger partial charge in [-0.3, -0.25) is 9.59 Å². The van der Waals surface area contributed by atoms with Crippen LogP contribution in [0.5, 0.6) is 5.75 Å². The van der Waals surface area contributed by atoms with E-state index in [0.717, 1.165) is 19.6 Å². The monoisotopic (exact) mass is 583 g/mol. The second-order valence-corrected chi connectivity index (χ2v) is 9.70. The molecule has 4 rings (SSSR count). The van der Waals surface area contributed by atoms with Gasteiger partial charge in [-0.1, -0.05) is 49.4 Å². The van der Waals surface area contributed by atoms with Crippen LogP contribution >= 0.6 is 22.6 Å². The number of halogens is 1. The zero-order valence-corrected chi connectivity index (χ0v) is 21.8. The van der Waals surface area contributed by atoms with Crippen LogP contribution in [-0.4, -0.2) is 35.9 Å². The van der Waals surface area contributed by atoms with Gasteiger partial charge < -0.3 is 15.4 Å². The summed E-state index contributed by atoms with van der Waals surface area (Å²) >= 11 is 2.21. The maximum Gasteiger partial charge on any atom is 0.325 e. The molecule has 1 saturated heterocycles. The molecule has 8 heteroatoms. The van der Waals surface area contributed by atoms with Crippen molar-refractivity contribution >= 4 is 46.1 Å². The molecule has 2 N–H and O–H groups in total. The van der Waals surface area contributed by atoms with Crippen molar-refractivity contribution < 1.29 is 19.1 Å². The number of methoxy groups -OCH3 is 1. The van der Waals surface area contributed by atoms with Crippen LogP contribution in [-0.2, 0) is 9.59 Å². The predicted octanol–water partition coefficient (Wildman–Crippen LogP) is 5.01. The van der Waals surface area contributed by atoms with Gasteiger partial charge in [0, 0.05) is 15.2 Å².